The first-order chi connectivity index (χ1) is 12.9. The number of fused-ring (bicyclic) bond motifs is 1. The minimum absolute atomic E-state index is 0.0806. The van der Waals surface area contributed by atoms with Gasteiger partial charge in [0, 0.05) is 29.7 Å². The highest BCUT2D eigenvalue weighted by atomic mass is 35.5. The fourth-order valence-electron chi connectivity index (χ4n) is 3.16. The predicted octanol–water partition coefficient (Wildman–Crippen LogP) is 6.31. The van der Waals surface area contributed by atoms with E-state index in [9.17, 15) is 0 Å². The minimum atomic E-state index is 0.0806. The van der Waals surface area contributed by atoms with E-state index in [1.807, 2.05) is 24.4 Å². The Morgan fingerprint density at radius 1 is 0.741 bits per heavy atom. The number of hydrogen-bond acceptors (Lipinski definition) is 3. The summed E-state index contributed by atoms with van der Waals surface area (Å²) in [6.45, 7) is 6.63. The van der Waals surface area contributed by atoms with Crippen LogP contribution in [0, 0.1) is 0 Å². The van der Waals surface area contributed by atoms with Gasteiger partial charge in [-0.1, -0.05) is 56.6 Å². The number of nitrogens with zero attached hydrogens (tertiary/aromatic N) is 3. The molecule has 0 atom stereocenters. The van der Waals surface area contributed by atoms with Crippen molar-refractivity contribution in [3.8, 4) is 22.4 Å². The van der Waals surface area contributed by atoms with Gasteiger partial charge >= 0.3 is 0 Å². The molecule has 2 heterocycles. The number of pyridine rings is 1. The summed E-state index contributed by atoms with van der Waals surface area (Å²) in [5.74, 6) is 0. The molecular weight excluding hydrogens is 354 g/mol. The van der Waals surface area contributed by atoms with Crippen molar-refractivity contribution in [2.45, 2.75) is 26.2 Å². The first-order valence-corrected chi connectivity index (χ1v) is 9.28. The Labute approximate surface area is 164 Å². The van der Waals surface area contributed by atoms with E-state index in [1.54, 1.807) is 12.4 Å². The van der Waals surface area contributed by atoms with E-state index in [0.717, 1.165) is 33.4 Å². The highest BCUT2D eigenvalue weighted by Gasteiger charge is 2.15. The van der Waals surface area contributed by atoms with Crippen LogP contribution < -0.4 is 0 Å². The number of rotatable bonds is 2. The van der Waals surface area contributed by atoms with Gasteiger partial charge in [0.25, 0.3) is 0 Å². The standard InChI is InChI=1S/C23H20ClN3/c1-23(2,3)17-9-10-25-20(14-17)16-6-4-5-15(13-16)18-7-8-19(24)22-21(18)26-11-12-27-22/h4-14H,1-3H3. The zero-order valence-electron chi connectivity index (χ0n) is 15.6. The number of hydrogen-bond donors (Lipinski definition) is 0. The molecule has 0 N–H and O–H groups in total. The average Bonchev–Trinajstić information content (AvgIpc) is 2.68. The Morgan fingerprint density at radius 2 is 1.48 bits per heavy atom. The van der Waals surface area contributed by atoms with Crippen molar-refractivity contribution in [3.05, 3.63) is 77.7 Å². The largest absolute Gasteiger partial charge is 0.256 e. The van der Waals surface area contributed by atoms with Crippen LogP contribution in [0.15, 0.2) is 67.1 Å². The molecule has 0 saturated carbocycles. The summed E-state index contributed by atoms with van der Waals surface area (Å²) in [6, 6.07) is 16.5. The van der Waals surface area contributed by atoms with Gasteiger partial charge in [0.1, 0.15) is 5.52 Å². The molecule has 4 aromatic rings. The smallest absolute Gasteiger partial charge is 0.108 e. The summed E-state index contributed by atoms with van der Waals surface area (Å²) in [7, 11) is 0. The van der Waals surface area contributed by atoms with Crippen LogP contribution in [0.2, 0.25) is 5.02 Å². The summed E-state index contributed by atoms with van der Waals surface area (Å²) in [5.41, 5.74) is 6.99. The van der Waals surface area contributed by atoms with Crippen LogP contribution in [0.3, 0.4) is 0 Å². The molecule has 3 nitrogen and oxygen atoms in total. The van der Waals surface area contributed by atoms with E-state index in [2.05, 4.69) is 66.1 Å². The van der Waals surface area contributed by atoms with Crippen LogP contribution in [-0.4, -0.2) is 15.0 Å². The first kappa shape index (κ1) is 17.6. The fourth-order valence-corrected chi connectivity index (χ4v) is 3.36. The highest BCUT2D eigenvalue weighted by Crippen LogP contribution is 2.33. The molecule has 2 aromatic carbocycles. The molecule has 4 heteroatoms. The second-order valence-corrected chi connectivity index (χ2v) is 8.02. The van der Waals surface area contributed by atoms with Crippen molar-refractivity contribution in [2.75, 3.05) is 0 Å². The van der Waals surface area contributed by atoms with Crippen LogP contribution in [-0.2, 0) is 5.41 Å². The molecule has 0 aliphatic rings. The Balaban J connectivity index is 1.85. The molecule has 0 fully saturated rings. The van der Waals surface area contributed by atoms with Crippen LogP contribution in [0.4, 0.5) is 0 Å². The molecule has 0 radical (unpaired) electrons. The molecule has 0 spiro atoms. The summed E-state index contributed by atoms with van der Waals surface area (Å²) >= 11 is 6.29. The van der Waals surface area contributed by atoms with Gasteiger partial charge in [-0.05, 0) is 40.8 Å². The quantitative estimate of drug-likeness (QED) is 0.413. The molecule has 0 saturated heterocycles. The van der Waals surface area contributed by atoms with Gasteiger partial charge in [0.05, 0.1) is 16.2 Å². The third kappa shape index (κ3) is 3.43. The predicted molar refractivity (Wildman–Crippen MR) is 112 cm³/mol. The van der Waals surface area contributed by atoms with Gasteiger partial charge in [0.2, 0.25) is 0 Å². The normalized spacial score (nSPS) is 11.7. The lowest BCUT2D eigenvalue weighted by atomic mass is 9.87. The van der Waals surface area contributed by atoms with E-state index < -0.39 is 0 Å². The van der Waals surface area contributed by atoms with Gasteiger partial charge in [-0.3, -0.25) is 15.0 Å². The van der Waals surface area contributed by atoms with Gasteiger partial charge in [-0.2, -0.15) is 0 Å². The molecule has 0 aliphatic carbocycles. The highest BCUT2D eigenvalue weighted by molar-refractivity contribution is 6.35. The van der Waals surface area contributed by atoms with E-state index in [4.69, 9.17) is 11.6 Å². The topological polar surface area (TPSA) is 38.7 Å². The van der Waals surface area contributed by atoms with Crippen molar-refractivity contribution in [1.82, 2.24) is 15.0 Å². The molecule has 134 valence electrons. The summed E-state index contributed by atoms with van der Waals surface area (Å²) in [5, 5.41) is 0.609. The van der Waals surface area contributed by atoms with Crippen molar-refractivity contribution >= 4 is 22.6 Å². The van der Waals surface area contributed by atoms with E-state index in [0.29, 0.717) is 5.02 Å². The van der Waals surface area contributed by atoms with Gasteiger partial charge in [-0.15, -0.1) is 0 Å². The van der Waals surface area contributed by atoms with Gasteiger partial charge in [-0.25, -0.2) is 0 Å². The third-order valence-corrected chi connectivity index (χ3v) is 4.98. The molecule has 0 unspecified atom stereocenters. The summed E-state index contributed by atoms with van der Waals surface area (Å²) in [6.07, 6.45) is 5.24. The molecule has 0 aliphatic heterocycles. The summed E-state index contributed by atoms with van der Waals surface area (Å²) in [4.78, 5) is 13.5. The molecule has 27 heavy (non-hydrogen) atoms. The Hall–Kier alpha value is -2.78. The van der Waals surface area contributed by atoms with Crippen molar-refractivity contribution in [2.24, 2.45) is 0 Å². The lowest BCUT2D eigenvalue weighted by molar-refractivity contribution is 0.589. The second-order valence-electron chi connectivity index (χ2n) is 7.61. The number of benzene rings is 2. The maximum atomic E-state index is 6.29. The lowest BCUT2D eigenvalue weighted by Crippen LogP contribution is -2.11. The molecule has 0 amide bonds. The first-order valence-electron chi connectivity index (χ1n) is 8.90. The molecular formula is C23H20ClN3. The maximum absolute atomic E-state index is 6.29. The lowest BCUT2D eigenvalue weighted by Gasteiger charge is -2.19. The third-order valence-electron chi connectivity index (χ3n) is 4.67. The van der Waals surface area contributed by atoms with Crippen molar-refractivity contribution < 1.29 is 0 Å². The van der Waals surface area contributed by atoms with Crippen LogP contribution in [0.1, 0.15) is 26.3 Å². The molecule has 0 bridgehead atoms. The number of aromatic nitrogens is 3. The monoisotopic (exact) mass is 373 g/mol. The SMILES string of the molecule is CC(C)(C)c1ccnc(-c2cccc(-c3ccc(Cl)c4nccnc34)c2)c1. The average molecular weight is 374 g/mol. The second kappa shape index (κ2) is 6.75. The molecule has 2 aromatic heterocycles. The zero-order valence-corrected chi connectivity index (χ0v) is 16.3. The minimum Gasteiger partial charge on any atom is -0.256 e. The zero-order chi connectivity index (χ0) is 19.0. The van der Waals surface area contributed by atoms with E-state index in [1.165, 1.54) is 5.56 Å². The van der Waals surface area contributed by atoms with Gasteiger partial charge in [0.15, 0.2) is 0 Å². The van der Waals surface area contributed by atoms with E-state index in [-0.39, 0.29) is 5.41 Å². The number of halogens is 1. The van der Waals surface area contributed by atoms with Crippen molar-refractivity contribution in [3.63, 3.8) is 0 Å². The summed E-state index contributed by atoms with van der Waals surface area (Å²) < 4.78 is 0. The van der Waals surface area contributed by atoms with Crippen LogP contribution in [0.25, 0.3) is 33.4 Å². The van der Waals surface area contributed by atoms with Crippen LogP contribution in [0.5, 0.6) is 0 Å². The Bertz CT molecular complexity index is 1130. The Morgan fingerprint density at radius 3 is 2.26 bits per heavy atom. The van der Waals surface area contributed by atoms with Crippen LogP contribution >= 0.6 is 11.6 Å². The van der Waals surface area contributed by atoms with Crippen molar-refractivity contribution in [1.29, 1.82) is 0 Å². The fraction of sp³-hybridized carbons (Fsp3) is 0.174. The molecule has 4 rings (SSSR count). The van der Waals surface area contributed by atoms with E-state index >= 15 is 0 Å². The Kier molecular flexibility index (Phi) is 4.40. The maximum Gasteiger partial charge on any atom is 0.108 e. The van der Waals surface area contributed by atoms with Gasteiger partial charge < -0.3 is 0 Å².